The van der Waals surface area contributed by atoms with Gasteiger partial charge in [-0.25, -0.2) is 14.0 Å². The Bertz CT molecular complexity index is 1020. The molecule has 1 aromatic heterocycles. The lowest BCUT2D eigenvalue weighted by atomic mass is 10.2. The van der Waals surface area contributed by atoms with E-state index in [2.05, 4.69) is 31.9 Å². The van der Waals surface area contributed by atoms with E-state index >= 15 is 0 Å². The maximum atomic E-state index is 13.8. The topological polar surface area (TPSA) is 83.4 Å². The Kier molecular flexibility index (Phi) is 4.71. The highest BCUT2D eigenvalue weighted by molar-refractivity contribution is 9.10. The summed E-state index contributed by atoms with van der Waals surface area (Å²) in [6.07, 6.45) is 0. The fraction of sp³-hybridized carbons (Fsp3) is 0.0588. The molecule has 6 nitrogen and oxygen atoms in total. The van der Waals surface area contributed by atoms with E-state index in [0.717, 1.165) is 0 Å². The van der Waals surface area contributed by atoms with Crippen molar-refractivity contribution in [2.24, 2.45) is 0 Å². The predicted octanol–water partition coefficient (Wildman–Crippen LogP) is 4.38. The summed E-state index contributed by atoms with van der Waals surface area (Å²) >= 11 is 3.14. The lowest BCUT2D eigenvalue weighted by molar-refractivity contribution is 0.262. The molecule has 3 N–H and O–H groups in total. The lowest BCUT2D eigenvalue weighted by Crippen LogP contribution is -2.24. The van der Waals surface area contributed by atoms with Gasteiger partial charge in [0.15, 0.2) is 5.69 Å². The zero-order valence-corrected chi connectivity index (χ0v) is 14.6. The van der Waals surface area contributed by atoms with E-state index in [4.69, 9.17) is 4.42 Å². The zero-order valence-electron chi connectivity index (χ0n) is 13.0. The number of fused-ring (bicyclic) bond motifs is 1. The van der Waals surface area contributed by atoms with Crippen molar-refractivity contribution in [2.45, 2.75) is 0 Å². The van der Waals surface area contributed by atoms with E-state index in [9.17, 15) is 14.0 Å². The Hall–Kier alpha value is -2.87. The van der Waals surface area contributed by atoms with Crippen LogP contribution in [0.2, 0.25) is 0 Å². The number of benzene rings is 2. The second kappa shape index (κ2) is 6.94. The van der Waals surface area contributed by atoms with E-state index in [1.54, 1.807) is 37.4 Å². The third-order valence-electron chi connectivity index (χ3n) is 3.48. The van der Waals surface area contributed by atoms with Gasteiger partial charge >= 0.3 is 11.7 Å². The van der Waals surface area contributed by atoms with Crippen LogP contribution in [0.3, 0.4) is 0 Å². The van der Waals surface area contributed by atoms with Crippen LogP contribution >= 0.6 is 15.9 Å². The molecule has 0 aliphatic rings. The molecule has 1 heterocycles. The molecule has 3 aromatic rings. The van der Waals surface area contributed by atoms with Crippen molar-refractivity contribution in [3.05, 3.63) is 63.2 Å². The average molecular weight is 406 g/mol. The molecule has 2 aromatic carbocycles. The number of para-hydroxylation sites is 1. The van der Waals surface area contributed by atoms with Gasteiger partial charge in [0.25, 0.3) is 0 Å². The second-order valence-corrected chi connectivity index (χ2v) is 6.00. The first-order valence-electron chi connectivity index (χ1n) is 7.26. The molecule has 0 saturated heterocycles. The molecule has 0 aliphatic carbocycles. The standard InChI is InChI=1S/C17H13BrFN3O3/c1-20-14-10-4-2-3-5-13(10)25-16(23)15(14)22-17(24)21-12-7-6-9(18)8-11(12)19/h2-8,20H,1H3,(H2,21,22,24). The summed E-state index contributed by atoms with van der Waals surface area (Å²) in [5, 5.41) is 8.29. The maximum absolute atomic E-state index is 13.8. The predicted molar refractivity (Wildman–Crippen MR) is 98.8 cm³/mol. The fourth-order valence-corrected chi connectivity index (χ4v) is 2.71. The minimum atomic E-state index is -0.764. The first kappa shape index (κ1) is 17.0. The molecule has 0 saturated carbocycles. The summed E-state index contributed by atoms with van der Waals surface area (Å²) in [5.74, 6) is -0.607. The van der Waals surface area contributed by atoms with Gasteiger partial charge in [0, 0.05) is 16.9 Å². The monoisotopic (exact) mass is 405 g/mol. The second-order valence-electron chi connectivity index (χ2n) is 5.09. The Morgan fingerprint density at radius 1 is 1.12 bits per heavy atom. The van der Waals surface area contributed by atoms with Gasteiger partial charge in [-0.15, -0.1) is 0 Å². The van der Waals surface area contributed by atoms with E-state index in [1.165, 1.54) is 12.1 Å². The number of hydrogen-bond acceptors (Lipinski definition) is 4. The SMILES string of the molecule is CNc1c(NC(=O)Nc2ccc(Br)cc2F)c(=O)oc2ccccc12. The molecule has 0 aliphatic heterocycles. The van der Waals surface area contributed by atoms with Crippen LogP contribution in [0.25, 0.3) is 11.0 Å². The number of anilines is 3. The summed E-state index contributed by atoms with van der Waals surface area (Å²) in [5.41, 5.74) is 0.0163. The maximum Gasteiger partial charge on any atom is 0.362 e. The fourth-order valence-electron chi connectivity index (χ4n) is 2.38. The summed E-state index contributed by atoms with van der Waals surface area (Å²) in [6.45, 7) is 0. The van der Waals surface area contributed by atoms with Crippen LogP contribution in [0.4, 0.5) is 26.2 Å². The number of hydrogen-bond donors (Lipinski definition) is 3. The van der Waals surface area contributed by atoms with Crippen LogP contribution in [0, 0.1) is 5.82 Å². The van der Waals surface area contributed by atoms with Crippen LogP contribution < -0.4 is 21.6 Å². The first-order valence-corrected chi connectivity index (χ1v) is 8.05. The Balaban J connectivity index is 1.93. The zero-order chi connectivity index (χ0) is 18.0. The van der Waals surface area contributed by atoms with Crippen LogP contribution in [0.15, 0.2) is 56.1 Å². The van der Waals surface area contributed by atoms with Crippen molar-refractivity contribution in [1.82, 2.24) is 0 Å². The van der Waals surface area contributed by atoms with Crippen molar-refractivity contribution in [1.29, 1.82) is 0 Å². The summed E-state index contributed by atoms with van der Waals surface area (Å²) in [6, 6.07) is 10.4. The van der Waals surface area contributed by atoms with E-state index in [0.29, 0.717) is 21.1 Å². The van der Waals surface area contributed by atoms with Gasteiger partial charge in [-0.2, -0.15) is 0 Å². The van der Waals surface area contributed by atoms with Crippen LogP contribution in [0.5, 0.6) is 0 Å². The van der Waals surface area contributed by atoms with Gasteiger partial charge in [-0.3, -0.25) is 5.32 Å². The summed E-state index contributed by atoms with van der Waals surface area (Å²) in [7, 11) is 1.62. The Labute approximate surface area is 150 Å². The van der Waals surface area contributed by atoms with Gasteiger partial charge in [0.05, 0.1) is 11.4 Å². The average Bonchev–Trinajstić information content (AvgIpc) is 2.58. The molecule has 8 heteroatoms. The number of amides is 2. The van der Waals surface area contributed by atoms with Crippen molar-refractivity contribution in [3.63, 3.8) is 0 Å². The lowest BCUT2D eigenvalue weighted by Gasteiger charge is -2.13. The molecule has 128 valence electrons. The highest BCUT2D eigenvalue weighted by atomic mass is 79.9. The number of nitrogens with one attached hydrogen (secondary N) is 3. The van der Waals surface area contributed by atoms with E-state index in [1.807, 2.05) is 0 Å². The first-order chi connectivity index (χ1) is 12.0. The van der Waals surface area contributed by atoms with Crippen molar-refractivity contribution in [2.75, 3.05) is 23.0 Å². The van der Waals surface area contributed by atoms with Gasteiger partial charge < -0.3 is 15.1 Å². The van der Waals surface area contributed by atoms with Gasteiger partial charge in [0.1, 0.15) is 11.4 Å². The highest BCUT2D eigenvalue weighted by Crippen LogP contribution is 2.28. The smallest absolute Gasteiger partial charge is 0.362 e. The van der Waals surface area contributed by atoms with Crippen LogP contribution in [0.1, 0.15) is 0 Å². The van der Waals surface area contributed by atoms with E-state index < -0.39 is 17.5 Å². The van der Waals surface area contributed by atoms with Crippen molar-refractivity contribution in [3.8, 4) is 0 Å². The van der Waals surface area contributed by atoms with Gasteiger partial charge in [0.2, 0.25) is 0 Å². The van der Waals surface area contributed by atoms with Gasteiger partial charge in [-0.05, 0) is 30.3 Å². The minimum Gasteiger partial charge on any atom is -0.421 e. The van der Waals surface area contributed by atoms with Crippen molar-refractivity contribution >= 4 is 50.0 Å². The molecule has 2 amide bonds. The normalized spacial score (nSPS) is 10.5. The highest BCUT2D eigenvalue weighted by Gasteiger charge is 2.16. The largest absolute Gasteiger partial charge is 0.421 e. The number of carbonyl (C=O) groups excluding carboxylic acids is 1. The van der Waals surface area contributed by atoms with Crippen molar-refractivity contribution < 1.29 is 13.6 Å². The molecule has 25 heavy (non-hydrogen) atoms. The molecule has 0 bridgehead atoms. The number of urea groups is 1. The third-order valence-corrected chi connectivity index (χ3v) is 3.97. The number of rotatable bonds is 3. The quantitative estimate of drug-likeness (QED) is 0.564. The minimum absolute atomic E-state index is 0.0168. The molecular formula is C17H13BrFN3O3. The Morgan fingerprint density at radius 2 is 1.88 bits per heavy atom. The molecular weight excluding hydrogens is 393 g/mol. The molecule has 3 rings (SSSR count). The third kappa shape index (κ3) is 3.48. The van der Waals surface area contributed by atoms with E-state index in [-0.39, 0.29) is 11.4 Å². The molecule has 0 fully saturated rings. The molecule has 0 unspecified atom stereocenters. The van der Waals surface area contributed by atoms with Crippen LogP contribution in [-0.4, -0.2) is 13.1 Å². The Morgan fingerprint density at radius 3 is 2.60 bits per heavy atom. The molecule has 0 atom stereocenters. The molecule has 0 spiro atoms. The number of carbonyl (C=O) groups is 1. The van der Waals surface area contributed by atoms with Gasteiger partial charge in [-0.1, -0.05) is 28.1 Å². The summed E-state index contributed by atoms with van der Waals surface area (Å²) in [4.78, 5) is 24.3. The summed E-state index contributed by atoms with van der Waals surface area (Å²) < 4.78 is 19.6. The van der Waals surface area contributed by atoms with Crippen LogP contribution in [-0.2, 0) is 0 Å². The number of halogens is 2. The molecule has 0 radical (unpaired) electrons.